The van der Waals surface area contributed by atoms with Crippen molar-refractivity contribution >= 4 is 10.9 Å². The van der Waals surface area contributed by atoms with Crippen LogP contribution in [0.2, 0.25) is 0 Å². The second kappa shape index (κ2) is 5.66. The van der Waals surface area contributed by atoms with Crippen LogP contribution in [0.1, 0.15) is 16.8 Å². The number of aromatic nitrogens is 2. The number of fused-ring (bicyclic) bond motifs is 1. The van der Waals surface area contributed by atoms with Crippen LogP contribution in [0.4, 0.5) is 4.39 Å². The number of aliphatic hydroxyl groups is 1. The molecule has 0 amide bonds. The third kappa shape index (κ3) is 2.67. The molecule has 0 spiro atoms. The van der Waals surface area contributed by atoms with E-state index < -0.39 is 0 Å². The van der Waals surface area contributed by atoms with Crippen molar-refractivity contribution in [2.45, 2.75) is 19.9 Å². The molecule has 0 aliphatic heterocycles. The first-order chi connectivity index (χ1) is 10.2. The van der Waals surface area contributed by atoms with Crippen LogP contribution in [0.25, 0.3) is 10.9 Å². The van der Waals surface area contributed by atoms with Gasteiger partial charge in [-0.25, -0.2) is 4.39 Å². The number of nitrogens with zero attached hydrogens (tertiary/aromatic N) is 2. The smallest absolute Gasteiger partial charge is 0.123 e. The molecule has 0 atom stereocenters. The number of hydrogen-bond donors (Lipinski definition) is 1. The van der Waals surface area contributed by atoms with Gasteiger partial charge in [-0.2, -0.15) is 0 Å². The van der Waals surface area contributed by atoms with Crippen LogP contribution in [-0.4, -0.2) is 21.3 Å². The quantitative estimate of drug-likeness (QED) is 0.799. The number of aryl methyl sites for hydroxylation is 1. The largest absolute Gasteiger partial charge is 0.396 e. The lowest BCUT2D eigenvalue weighted by Gasteiger charge is -2.09. The summed E-state index contributed by atoms with van der Waals surface area (Å²) in [6.07, 6.45) is 4.47. The zero-order valence-corrected chi connectivity index (χ0v) is 11.9. The first-order valence-electron chi connectivity index (χ1n) is 6.97. The lowest BCUT2D eigenvalue weighted by Crippen LogP contribution is -2.01. The van der Waals surface area contributed by atoms with Crippen LogP contribution in [-0.2, 0) is 13.0 Å². The Kier molecular flexibility index (Phi) is 3.71. The minimum Gasteiger partial charge on any atom is -0.396 e. The Hall–Kier alpha value is -2.20. The fourth-order valence-electron chi connectivity index (χ4n) is 2.67. The summed E-state index contributed by atoms with van der Waals surface area (Å²) in [4.78, 5) is 4.42. The van der Waals surface area contributed by atoms with E-state index in [2.05, 4.69) is 15.6 Å². The lowest BCUT2D eigenvalue weighted by molar-refractivity contribution is 0.299. The highest BCUT2D eigenvalue weighted by molar-refractivity contribution is 5.83. The molecule has 3 rings (SSSR count). The summed E-state index contributed by atoms with van der Waals surface area (Å²) in [5.74, 6) is -0.223. The van der Waals surface area contributed by atoms with Gasteiger partial charge in [-0.3, -0.25) is 4.98 Å². The number of benzene rings is 1. The first-order valence-corrected chi connectivity index (χ1v) is 6.97. The van der Waals surface area contributed by atoms with Gasteiger partial charge in [-0.15, -0.1) is 0 Å². The van der Waals surface area contributed by atoms with E-state index in [1.54, 1.807) is 12.1 Å². The van der Waals surface area contributed by atoms with Crippen molar-refractivity contribution in [3.8, 4) is 0 Å². The Balaban J connectivity index is 2.00. The minimum absolute atomic E-state index is 0.116. The minimum atomic E-state index is -0.223. The Bertz CT molecular complexity index is 762. The normalized spacial score (nSPS) is 11.2. The molecule has 1 aromatic carbocycles. The average molecular weight is 284 g/mol. The van der Waals surface area contributed by atoms with Gasteiger partial charge >= 0.3 is 0 Å². The van der Waals surface area contributed by atoms with E-state index >= 15 is 0 Å². The maximum Gasteiger partial charge on any atom is 0.123 e. The number of rotatable bonds is 4. The van der Waals surface area contributed by atoms with Crippen molar-refractivity contribution < 1.29 is 9.50 Å². The van der Waals surface area contributed by atoms with Gasteiger partial charge in [0.25, 0.3) is 0 Å². The van der Waals surface area contributed by atoms with Gasteiger partial charge in [0.2, 0.25) is 0 Å². The predicted octanol–water partition coefficient (Wildman–Crippen LogP) is 3.07. The van der Waals surface area contributed by atoms with E-state index in [1.165, 1.54) is 12.1 Å². The molecule has 1 N–H and O–H groups in total. The second-order valence-corrected chi connectivity index (χ2v) is 5.16. The third-order valence-corrected chi connectivity index (χ3v) is 3.78. The van der Waals surface area contributed by atoms with Gasteiger partial charge in [0.1, 0.15) is 5.82 Å². The van der Waals surface area contributed by atoms with E-state index in [0.717, 1.165) is 27.7 Å². The molecule has 0 radical (unpaired) electrons. The highest BCUT2D eigenvalue weighted by atomic mass is 19.1. The number of halogens is 1. The molecule has 0 unspecified atom stereocenters. The molecule has 0 fully saturated rings. The van der Waals surface area contributed by atoms with Crippen molar-refractivity contribution in [3.05, 3.63) is 65.4 Å². The molecule has 0 aliphatic carbocycles. The van der Waals surface area contributed by atoms with Crippen LogP contribution in [0, 0.1) is 12.7 Å². The molecule has 0 aliphatic rings. The van der Waals surface area contributed by atoms with Crippen LogP contribution in [0.3, 0.4) is 0 Å². The zero-order chi connectivity index (χ0) is 14.8. The molecular weight excluding hydrogens is 267 g/mol. The van der Waals surface area contributed by atoms with Gasteiger partial charge in [0.15, 0.2) is 0 Å². The highest BCUT2D eigenvalue weighted by Crippen LogP contribution is 2.23. The van der Waals surface area contributed by atoms with Gasteiger partial charge in [0, 0.05) is 30.4 Å². The lowest BCUT2D eigenvalue weighted by atomic mass is 10.1. The first kappa shape index (κ1) is 13.8. The predicted molar refractivity (Wildman–Crippen MR) is 80.8 cm³/mol. The Labute approximate surface area is 122 Å². The standard InChI is InChI=1S/C17H17FN2O/c1-12-15(7-9-21)16-6-8-20(17(16)10-19-12)11-13-2-4-14(18)5-3-13/h2-6,8,10,21H,7,9,11H2,1H3. The van der Waals surface area contributed by atoms with Crippen molar-refractivity contribution in [2.24, 2.45) is 0 Å². The molecule has 0 saturated carbocycles. The van der Waals surface area contributed by atoms with Gasteiger partial charge in [-0.1, -0.05) is 12.1 Å². The summed E-state index contributed by atoms with van der Waals surface area (Å²) >= 11 is 0. The van der Waals surface area contributed by atoms with Crippen LogP contribution in [0.5, 0.6) is 0 Å². The molecule has 3 aromatic rings. The van der Waals surface area contributed by atoms with Crippen molar-refractivity contribution in [2.75, 3.05) is 6.61 Å². The van der Waals surface area contributed by atoms with Crippen LogP contribution < -0.4 is 0 Å². The van der Waals surface area contributed by atoms with E-state index in [-0.39, 0.29) is 12.4 Å². The van der Waals surface area contributed by atoms with Crippen molar-refractivity contribution in [1.82, 2.24) is 9.55 Å². The molecular formula is C17H17FN2O. The summed E-state index contributed by atoms with van der Waals surface area (Å²) in [6, 6.07) is 8.58. The molecule has 3 nitrogen and oxygen atoms in total. The molecule has 2 heterocycles. The maximum atomic E-state index is 13.0. The van der Waals surface area contributed by atoms with Gasteiger partial charge in [0.05, 0.1) is 11.7 Å². The Morgan fingerprint density at radius 1 is 1.19 bits per heavy atom. The van der Waals surface area contributed by atoms with Gasteiger partial charge < -0.3 is 9.67 Å². The molecule has 4 heteroatoms. The van der Waals surface area contributed by atoms with E-state index in [0.29, 0.717) is 13.0 Å². The fraction of sp³-hybridized carbons (Fsp3) is 0.235. The van der Waals surface area contributed by atoms with E-state index in [1.807, 2.05) is 19.3 Å². The topological polar surface area (TPSA) is 38.0 Å². The number of hydrogen-bond acceptors (Lipinski definition) is 2. The summed E-state index contributed by atoms with van der Waals surface area (Å²) in [5.41, 5.74) is 4.12. The fourth-order valence-corrected chi connectivity index (χ4v) is 2.67. The van der Waals surface area contributed by atoms with E-state index in [9.17, 15) is 9.50 Å². The zero-order valence-electron chi connectivity index (χ0n) is 11.9. The Morgan fingerprint density at radius 2 is 1.95 bits per heavy atom. The Morgan fingerprint density at radius 3 is 2.67 bits per heavy atom. The molecule has 0 bridgehead atoms. The van der Waals surface area contributed by atoms with Crippen LogP contribution in [0.15, 0.2) is 42.7 Å². The third-order valence-electron chi connectivity index (χ3n) is 3.78. The summed E-state index contributed by atoms with van der Waals surface area (Å²) in [7, 11) is 0. The molecule has 0 saturated heterocycles. The summed E-state index contributed by atoms with van der Waals surface area (Å²) in [5, 5.41) is 10.3. The average Bonchev–Trinajstić information content (AvgIpc) is 2.88. The van der Waals surface area contributed by atoms with Crippen molar-refractivity contribution in [1.29, 1.82) is 0 Å². The SMILES string of the molecule is Cc1ncc2c(ccn2Cc2ccc(F)cc2)c1CCO. The molecule has 2 aromatic heterocycles. The monoisotopic (exact) mass is 284 g/mol. The highest BCUT2D eigenvalue weighted by Gasteiger charge is 2.09. The van der Waals surface area contributed by atoms with Crippen molar-refractivity contribution in [3.63, 3.8) is 0 Å². The van der Waals surface area contributed by atoms with Gasteiger partial charge in [-0.05, 0) is 42.7 Å². The maximum absolute atomic E-state index is 13.0. The second-order valence-electron chi connectivity index (χ2n) is 5.16. The number of aliphatic hydroxyl groups excluding tert-OH is 1. The van der Waals surface area contributed by atoms with Crippen LogP contribution >= 0.6 is 0 Å². The summed E-state index contributed by atoms with van der Waals surface area (Å²) in [6.45, 7) is 2.75. The summed E-state index contributed by atoms with van der Waals surface area (Å²) < 4.78 is 15.1. The molecule has 108 valence electrons. The van der Waals surface area contributed by atoms with E-state index in [4.69, 9.17) is 0 Å². The molecule has 21 heavy (non-hydrogen) atoms. The number of pyridine rings is 1.